The van der Waals surface area contributed by atoms with Crippen molar-refractivity contribution >= 4 is 11.6 Å². The van der Waals surface area contributed by atoms with Crippen molar-refractivity contribution in [3.05, 3.63) is 34.9 Å². The van der Waals surface area contributed by atoms with Gasteiger partial charge >= 0.3 is 0 Å². The van der Waals surface area contributed by atoms with Crippen molar-refractivity contribution in [2.45, 2.75) is 38.5 Å². The molecule has 3 nitrogen and oxygen atoms in total. The van der Waals surface area contributed by atoms with E-state index in [1.807, 2.05) is 18.2 Å². The summed E-state index contributed by atoms with van der Waals surface area (Å²) >= 11 is 6.07. The van der Waals surface area contributed by atoms with E-state index in [4.69, 9.17) is 21.1 Å². The molecule has 1 aromatic rings. The Morgan fingerprint density at radius 3 is 2.95 bits per heavy atom. The summed E-state index contributed by atoms with van der Waals surface area (Å²) in [5, 5.41) is 4.18. The molecule has 0 amide bonds. The fraction of sp³-hybridized carbons (Fsp3) is 0.600. The van der Waals surface area contributed by atoms with Crippen LogP contribution in [0.25, 0.3) is 0 Å². The second-order valence-corrected chi connectivity index (χ2v) is 5.66. The maximum atomic E-state index is 6.16. The Kier molecular flexibility index (Phi) is 5.64. The minimum absolute atomic E-state index is 0.0211. The van der Waals surface area contributed by atoms with Crippen molar-refractivity contribution in [2.24, 2.45) is 0 Å². The summed E-state index contributed by atoms with van der Waals surface area (Å²) in [7, 11) is 0. The van der Waals surface area contributed by atoms with Gasteiger partial charge in [0.1, 0.15) is 0 Å². The Labute approximate surface area is 120 Å². The van der Waals surface area contributed by atoms with Crippen LogP contribution in [0.5, 0.6) is 0 Å². The molecule has 1 aliphatic heterocycles. The van der Waals surface area contributed by atoms with Crippen molar-refractivity contribution in [2.75, 3.05) is 19.8 Å². The summed E-state index contributed by atoms with van der Waals surface area (Å²) in [6, 6.07) is 8.33. The van der Waals surface area contributed by atoms with Crippen molar-refractivity contribution in [1.29, 1.82) is 0 Å². The maximum Gasteiger partial charge on any atom is 0.0954 e. The van der Waals surface area contributed by atoms with Gasteiger partial charge in [0, 0.05) is 24.2 Å². The van der Waals surface area contributed by atoms with Gasteiger partial charge in [-0.1, -0.05) is 37.6 Å². The molecule has 0 aliphatic carbocycles. The Morgan fingerprint density at radius 1 is 1.47 bits per heavy atom. The number of nitrogens with one attached hydrogen (secondary N) is 1. The van der Waals surface area contributed by atoms with Gasteiger partial charge in [-0.3, -0.25) is 0 Å². The van der Waals surface area contributed by atoms with Crippen molar-refractivity contribution in [1.82, 2.24) is 5.32 Å². The molecule has 0 spiro atoms. The Hall–Kier alpha value is -0.610. The van der Waals surface area contributed by atoms with Crippen LogP contribution < -0.4 is 5.32 Å². The average Bonchev–Trinajstić information content (AvgIpc) is 2.87. The predicted octanol–water partition coefficient (Wildman–Crippen LogP) is 3.18. The summed E-state index contributed by atoms with van der Waals surface area (Å²) in [4.78, 5) is 0. The highest BCUT2D eigenvalue weighted by Crippen LogP contribution is 2.24. The predicted molar refractivity (Wildman–Crippen MR) is 77.6 cm³/mol. The van der Waals surface area contributed by atoms with Gasteiger partial charge in [0.2, 0.25) is 0 Å². The number of ether oxygens (including phenoxy) is 2. The third-order valence-electron chi connectivity index (χ3n) is 3.18. The lowest BCUT2D eigenvalue weighted by molar-refractivity contribution is -0.0172. The summed E-state index contributed by atoms with van der Waals surface area (Å²) in [5.41, 5.74) is 1.12. The maximum absolute atomic E-state index is 6.16. The third kappa shape index (κ3) is 4.77. The molecule has 1 heterocycles. The first kappa shape index (κ1) is 14.8. The van der Waals surface area contributed by atoms with Crippen LogP contribution in [0, 0.1) is 0 Å². The molecule has 1 saturated heterocycles. The van der Waals surface area contributed by atoms with Gasteiger partial charge in [0.15, 0.2) is 0 Å². The Bertz CT molecular complexity index is 391. The van der Waals surface area contributed by atoms with Crippen LogP contribution in [0.4, 0.5) is 0 Å². The lowest BCUT2D eigenvalue weighted by Crippen LogP contribution is -2.31. The van der Waals surface area contributed by atoms with E-state index in [1.165, 1.54) is 0 Å². The molecule has 19 heavy (non-hydrogen) atoms. The van der Waals surface area contributed by atoms with E-state index < -0.39 is 0 Å². The van der Waals surface area contributed by atoms with Gasteiger partial charge in [-0.25, -0.2) is 0 Å². The monoisotopic (exact) mass is 283 g/mol. The van der Waals surface area contributed by atoms with E-state index in [2.05, 4.69) is 25.2 Å². The van der Waals surface area contributed by atoms with Gasteiger partial charge in [0.25, 0.3) is 0 Å². The van der Waals surface area contributed by atoms with Gasteiger partial charge in [-0.15, -0.1) is 0 Å². The van der Waals surface area contributed by atoms with E-state index in [0.717, 1.165) is 30.2 Å². The number of hydrogen-bond acceptors (Lipinski definition) is 3. The first-order chi connectivity index (χ1) is 9.15. The summed E-state index contributed by atoms with van der Waals surface area (Å²) in [6.45, 7) is 6.54. The van der Waals surface area contributed by atoms with E-state index in [0.29, 0.717) is 12.6 Å². The lowest BCUT2D eigenvalue weighted by Gasteiger charge is -2.23. The largest absolute Gasteiger partial charge is 0.379 e. The van der Waals surface area contributed by atoms with Crippen molar-refractivity contribution in [3.8, 4) is 0 Å². The van der Waals surface area contributed by atoms with Crippen LogP contribution in [0.1, 0.15) is 31.9 Å². The van der Waals surface area contributed by atoms with Gasteiger partial charge in [-0.05, 0) is 24.1 Å². The molecular formula is C15H22ClNO2. The van der Waals surface area contributed by atoms with E-state index >= 15 is 0 Å². The fourth-order valence-electron chi connectivity index (χ4n) is 2.15. The molecule has 0 bridgehead atoms. The molecule has 1 aromatic carbocycles. The van der Waals surface area contributed by atoms with E-state index in [-0.39, 0.29) is 12.2 Å². The second-order valence-electron chi connectivity index (χ2n) is 5.23. The first-order valence-corrected chi connectivity index (χ1v) is 7.25. The smallest absolute Gasteiger partial charge is 0.0954 e. The Morgan fingerprint density at radius 2 is 2.32 bits per heavy atom. The second kappa shape index (κ2) is 7.25. The molecule has 0 saturated carbocycles. The number of rotatable bonds is 6. The van der Waals surface area contributed by atoms with Crippen LogP contribution in [-0.4, -0.2) is 31.9 Å². The van der Waals surface area contributed by atoms with Gasteiger partial charge in [0.05, 0.1) is 18.8 Å². The van der Waals surface area contributed by atoms with Crippen LogP contribution >= 0.6 is 11.6 Å². The highest BCUT2D eigenvalue weighted by Gasteiger charge is 2.22. The molecular weight excluding hydrogens is 262 g/mol. The molecule has 2 rings (SSSR count). The molecule has 106 valence electrons. The third-order valence-corrected chi connectivity index (χ3v) is 3.41. The quantitative estimate of drug-likeness (QED) is 0.870. The van der Waals surface area contributed by atoms with Crippen LogP contribution in [0.3, 0.4) is 0 Å². The number of benzene rings is 1. The lowest BCUT2D eigenvalue weighted by atomic mass is 10.1. The topological polar surface area (TPSA) is 30.5 Å². The normalized spacial score (nSPS) is 20.9. The van der Waals surface area contributed by atoms with Gasteiger partial charge in [-0.2, -0.15) is 0 Å². The summed E-state index contributed by atoms with van der Waals surface area (Å²) in [5.74, 6) is 0. The summed E-state index contributed by atoms with van der Waals surface area (Å²) in [6.07, 6.45) is 1.18. The molecule has 4 heteroatoms. The van der Waals surface area contributed by atoms with Crippen LogP contribution in [0.2, 0.25) is 5.02 Å². The minimum atomic E-state index is 0.0211. The minimum Gasteiger partial charge on any atom is -0.379 e. The molecule has 2 atom stereocenters. The number of halogens is 1. The van der Waals surface area contributed by atoms with Crippen molar-refractivity contribution < 1.29 is 9.47 Å². The first-order valence-electron chi connectivity index (χ1n) is 6.87. The van der Waals surface area contributed by atoms with Crippen molar-refractivity contribution in [3.63, 3.8) is 0 Å². The molecule has 2 unspecified atom stereocenters. The van der Waals surface area contributed by atoms with E-state index in [9.17, 15) is 0 Å². The van der Waals surface area contributed by atoms with E-state index in [1.54, 1.807) is 0 Å². The highest BCUT2D eigenvalue weighted by molar-refractivity contribution is 6.30. The molecule has 1 fully saturated rings. The zero-order chi connectivity index (χ0) is 13.7. The van der Waals surface area contributed by atoms with Gasteiger partial charge < -0.3 is 14.8 Å². The SMILES string of the molecule is CC(C)NCC(OC1CCOC1)c1cccc(Cl)c1. The standard InChI is InChI=1S/C15H22ClNO2/c1-11(2)17-9-15(19-14-6-7-18-10-14)12-4-3-5-13(16)8-12/h3-5,8,11,14-15,17H,6-7,9-10H2,1-2H3. The summed E-state index contributed by atoms with van der Waals surface area (Å²) < 4.78 is 11.5. The molecule has 1 N–H and O–H groups in total. The highest BCUT2D eigenvalue weighted by atomic mass is 35.5. The number of hydrogen-bond donors (Lipinski definition) is 1. The fourth-order valence-corrected chi connectivity index (χ4v) is 2.35. The zero-order valence-electron chi connectivity index (χ0n) is 11.6. The van der Waals surface area contributed by atoms with Crippen LogP contribution in [-0.2, 0) is 9.47 Å². The molecule has 0 aromatic heterocycles. The Balaban J connectivity index is 2.03. The zero-order valence-corrected chi connectivity index (χ0v) is 12.3. The molecule has 0 radical (unpaired) electrons. The molecule has 1 aliphatic rings. The average molecular weight is 284 g/mol. The van der Waals surface area contributed by atoms with Crippen LogP contribution in [0.15, 0.2) is 24.3 Å².